The smallest absolute Gasteiger partial charge is 0.221 e. The maximum atomic E-state index is 12.4. The Morgan fingerprint density at radius 1 is 0.514 bits per heavy atom. The number of carbonyl (C=O) groups excluding carboxylic acids is 2. The zero-order valence-corrected chi connectivity index (χ0v) is 24.9. The quantitative estimate of drug-likeness (QED) is 0.152. The van der Waals surface area contributed by atoms with Crippen LogP contribution >= 0.6 is 0 Å². The molecule has 0 aliphatic carbocycles. The van der Waals surface area contributed by atoms with Gasteiger partial charge in [-0.05, 0) is 58.3 Å². The number of carbonyl (C=O) groups is 2. The number of aliphatic hydroxyl groups excluding tert-OH is 1. The van der Waals surface area contributed by atoms with E-state index in [0.29, 0.717) is 52.0 Å². The van der Waals surface area contributed by atoms with Crippen molar-refractivity contribution in [2.24, 2.45) is 0 Å². The van der Waals surface area contributed by atoms with Gasteiger partial charge < -0.3 is 30.4 Å². The van der Waals surface area contributed by atoms with E-state index in [9.17, 15) is 14.7 Å². The highest BCUT2D eigenvalue weighted by Gasteiger charge is 2.12. The Bertz CT molecular complexity index is 478. The first-order valence-corrected chi connectivity index (χ1v) is 15.3. The number of amides is 2. The predicted octanol–water partition coefficient (Wildman–Crippen LogP) is 3.49. The second kappa shape index (κ2) is 26.4. The van der Waals surface area contributed by atoms with Gasteiger partial charge in [-0.3, -0.25) is 9.59 Å². The summed E-state index contributed by atoms with van der Waals surface area (Å²) in [6.45, 7) is 18.4. The van der Waals surface area contributed by atoms with Gasteiger partial charge >= 0.3 is 0 Å². The van der Waals surface area contributed by atoms with Gasteiger partial charge in [-0.2, -0.15) is 0 Å². The van der Waals surface area contributed by atoms with Crippen LogP contribution in [0.3, 0.4) is 0 Å². The maximum Gasteiger partial charge on any atom is 0.221 e. The van der Waals surface area contributed by atoms with E-state index in [1.807, 2.05) is 0 Å². The number of unbranched alkanes of at least 4 members (excludes halogenated alkanes) is 4. The van der Waals surface area contributed by atoms with Gasteiger partial charge in [0.1, 0.15) is 0 Å². The van der Waals surface area contributed by atoms with E-state index in [4.69, 9.17) is 0 Å². The molecule has 0 aliphatic heterocycles. The first kappa shape index (κ1) is 35.8. The summed E-state index contributed by atoms with van der Waals surface area (Å²) in [6.07, 6.45) is 11.0. The summed E-state index contributed by atoms with van der Waals surface area (Å²) in [7, 11) is 0. The zero-order chi connectivity index (χ0) is 27.6. The lowest BCUT2D eigenvalue weighted by molar-refractivity contribution is -0.121. The molecule has 0 rings (SSSR count). The molecule has 0 aromatic carbocycles. The number of nitrogens with zero attached hydrogens (tertiary/aromatic N) is 3. The number of aliphatic hydroxyl groups is 1. The van der Waals surface area contributed by atoms with Gasteiger partial charge in [-0.1, -0.05) is 53.4 Å². The Morgan fingerprint density at radius 3 is 1.16 bits per heavy atom. The fraction of sp³-hybridized carbons (Fsp3) is 0.931. The van der Waals surface area contributed by atoms with E-state index in [2.05, 4.69) is 53.0 Å². The number of hydrogen-bond acceptors (Lipinski definition) is 6. The molecule has 220 valence electrons. The molecule has 3 N–H and O–H groups in total. The Balaban J connectivity index is 4.33. The molecule has 0 radical (unpaired) electrons. The van der Waals surface area contributed by atoms with Crippen molar-refractivity contribution in [2.45, 2.75) is 98.3 Å². The van der Waals surface area contributed by atoms with Gasteiger partial charge in [-0.15, -0.1) is 0 Å². The van der Waals surface area contributed by atoms with Crippen molar-refractivity contribution in [1.82, 2.24) is 25.3 Å². The lowest BCUT2D eigenvalue weighted by Crippen LogP contribution is -2.39. The van der Waals surface area contributed by atoms with Crippen molar-refractivity contribution in [3.8, 4) is 0 Å². The SMILES string of the molecule is CCCCN(CCCC)CCNC(=O)CCN(CCCO)CCC(=O)NCCN(CCCC)CCCC. The molecule has 0 unspecified atom stereocenters. The van der Waals surface area contributed by atoms with E-state index in [1.165, 1.54) is 51.4 Å². The Morgan fingerprint density at radius 2 is 0.838 bits per heavy atom. The molecule has 0 fully saturated rings. The summed E-state index contributed by atoms with van der Waals surface area (Å²) in [6, 6.07) is 0. The van der Waals surface area contributed by atoms with Crippen molar-refractivity contribution < 1.29 is 14.7 Å². The molecule has 0 spiro atoms. The van der Waals surface area contributed by atoms with Crippen LogP contribution in [0.15, 0.2) is 0 Å². The van der Waals surface area contributed by atoms with Crippen LogP contribution in [0.1, 0.15) is 98.3 Å². The summed E-state index contributed by atoms with van der Waals surface area (Å²) in [5, 5.41) is 15.4. The van der Waals surface area contributed by atoms with Gasteiger partial charge in [0.05, 0.1) is 0 Å². The van der Waals surface area contributed by atoms with Crippen LogP contribution in [-0.2, 0) is 9.59 Å². The van der Waals surface area contributed by atoms with Crippen molar-refractivity contribution in [3.05, 3.63) is 0 Å². The van der Waals surface area contributed by atoms with Crippen molar-refractivity contribution in [2.75, 3.05) is 78.6 Å². The standard InChI is InChI=1S/C29H61N5O3/c1-5-9-18-32(19-10-6-2)25-16-30-28(36)14-23-34(22-13-27-35)24-15-29(37)31-17-26-33(20-11-7-3)21-12-8-4/h35H,5-27H2,1-4H3,(H,30,36)(H,31,37). The number of nitrogens with one attached hydrogen (secondary N) is 2. The van der Waals surface area contributed by atoms with Crippen LogP contribution in [0.25, 0.3) is 0 Å². The minimum Gasteiger partial charge on any atom is -0.396 e. The minimum atomic E-state index is 0.0589. The second-order valence-electron chi connectivity index (χ2n) is 10.2. The third-order valence-corrected chi connectivity index (χ3v) is 6.75. The molecule has 37 heavy (non-hydrogen) atoms. The average Bonchev–Trinajstić information content (AvgIpc) is 2.90. The monoisotopic (exact) mass is 527 g/mol. The van der Waals surface area contributed by atoms with Crippen LogP contribution in [0.4, 0.5) is 0 Å². The zero-order valence-electron chi connectivity index (χ0n) is 24.9. The first-order chi connectivity index (χ1) is 18.0. The van der Waals surface area contributed by atoms with Gasteiger partial charge in [0.15, 0.2) is 0 Å². The van der Waals surface area contributed by atoms with E-state index < -0.39 is 0 Å². The molecule has 0 aromatic rings. The molecule has 0 atom stereocenters. The highest BCUT2D eigenvalue weighted by molar-refractivity contribution is 5.76. The summed E-state index contributed by atoms with van der Waals surface area (Å²) in [5.74, 6) is 0.118. The minimum absolute atomic E-state index is 0.0589. The Labute approximate surface area is 228 Å². The Hall–Kier alpha value is -1.22. The lowest BCUT2D eigenvalue weighted by Gasteiger charge is -2.23. The van der Waals surface area contributed by atoms with Crippen LogP contribution in [-0.4, -0.2) is 110 Å². The first-order valence-electron chi connectivity index (χ1n) is 15.3. The molecular weight excluding hydrogens is 466 g/mol. The van der Waals surface area contributed by atoms with E-state index in [-0.39, 0.29) is 18.4 Å². The molecule has 8 nitrogen and oxygen atoms in total. The van der Waals surface area contributed by atoms with E-state index in [1.54, 1.807) is 0 Å². The maximum absolute atomic E-state index is 12.4. The van der Waals surface area contributed by atoms with Gasteiger partial charge in [0.2, 0.25) is 11.8 Å². The summed E-state index contributed by atoms with van der Waals surface area (Å²) in [5.41, 5.74) is 0. The van der Waals surface area contributed by atoms with E-state index in [0.717, 1.165) is 39.3 Å². The van der Waals surface area contributed by atoms with Gasteiger partial charge in [-0.25, -0.2) is 0 Å². The van der Waals surface area contributed by atoms with Gasteiger partial charge in [0.25, 0.3) is 0 Å². The molecule has 8 heteroatoms. The third-order valence-electron chi connectivity index (χ3n) is 6.75. The number of hydrogen-bond donors (Lipinski definition) is 3. The Kier molecular flexibility index (Phi) is 25.5. The summed E-state index contributed by atoms with van der Waals surface area (Å²) < 4.78 is 0. The molecule has 0 saturated carbocycles. The third kappa shape index (κ3) is 22.5. The summed E-state index contributed by atoms with van der Waals surface area (Å²) >= 11 is 0. The molecule has 0 aliphatic rings. The largest absolute Gasteiger partial charge is 0.396 e. The van der Waals surface area contributed by atoms with Crippen LogP contribution in [0.5, 0.6) is 0 Å². The van der Waals surface area contributed by atoms with Crippen molar-refractivity contribution in [3.63, 3.8) is 0 Å². The molecule has 0 aromatic heterocycles. The highest BCUT2D eigenvalue weighted by atomic mass is 16.3. The molecule has 0 heterocycles. The van der Waals surface area contributed by atoms with Crippen molar-refractivity contribution in [1.29, 1.82) is 0 Å². The van der Waals surface area contributed by atoms with Crippen LogP contribution in [0, 0.1) is 0 Å². The summed E-state index contributed by atoms with van der Waals surface area (Å²) in [4.78, 5) is 31.9. The van der Waals surface area contributed by atoms with Gasteiger partial charge in [0, 0.05) is 65.3 Å². The topological polar surface area (TPSA) is 88.1 Å². The molecule has 0 bridgehead atoms. The second-order valence-corrected chi connectivity index (χ2v) is 10.2. The molecular formula is C29H61N5O3. The average molecular weight is 528 g/mol. The normalized spacial score (nSPS) is 11.6. The predicted molar refractivity (Wildman–Crippen MR) is 156 cm³/mol. The van der Waals surface area contributed by atoms with Crippen LogP contribution in [0.2, 0.25) is 0 Å². The lowest BCUT2D eigenvalue weighted by atomic mass is 10.2. The van der Waals surface area contributed by atoms with Crippen LogP contribution < -0.4 is 10.6 Å². The van der Waals surface area contributed by atoms with Crippen molar-refractivity contribution >= 4 is 11.8 Å². The number of rotatable bonds is 27. The fourth-order valence-corrected chi connectivity index (χ4v) is 4.23. The highest BCUT2D eigenvalue weighted by Crippen LogP contribution is 2.01. The molecule has 0 saturated heterocycles. The van der Waals surface area contributed by atoms with E-state index >= 15 is 0 Å². The molecule has 2 amide bonds. The fourth-order valence-electron chi connectivity index (χ4n) is 4.23.